The first-order chi connectivity index (χ1) is 18.8. The minimum Gasteiger partial charge on any atom is -0.312 e. The van der Waals surface area contributed by atoms with Crippen molar-refractivity contribution in [1.29, 1.82) is 0 Å². The lowest BCUT2D eigenvalue weighted by atomic mass is 9.69. The molecule has 0 fully saturated rings. The number of halogens is 1. The molecule has 2 heterocycles. The zero-order chi connectivity index (χ0) is 25.2. The van der Waals surface area contributed by atoms with Gasteiger partial charge in [-0.15, -0.1) is 0 Å². The van der Waals surface area contributed by atoms with E-state index < -0.39 is 0 Å². The zero-order valence-electron chi connectivity index (χ0n) is 20.8. The average molecular weight is 554 g/mol. The van der Waals surface area contributed by atoms with E-state index in [1.807, 2.05) is 12.3 Å². The Balaban J connectivity index is 1.44. The third-order valence-electron chi connectivity index (χ3n) is 8.36. The summed E-state index contributed by atoms with van der Waals surface area (Å²) in [6, 6.07) is 26.5. The lowest BCUT2D eigenvalue weighted by Crippen LogP contribution is -2.23. The van der Waals surface area contributed by atoms with Gasteiger partial charge in [-0.1, -0.05) is 78.9 Å². The number of fused-ring (bicyclic) bond motifs is 9. The largest absolute Gasteiger partial charge is 0.312 e. The number of hydrogen-bond acceptors (Lipinski definition) is 1. The molecule has 0 saturated carbocycles. The second-order valence-electron chi connectivity index (χ2n) is 10.4. The molecule has 0 spiro atoms. The van der Waals surface area contributed by atoms with E-state index in [4.69, 9.17) is 0 Å². The first kappa shape index (κ1) is 22.1. The fourth-order valence-corrected chi connectivity index (χ4v) is 6.97. The minimum absolute atomic E-state index is 0.301. The van der Waals surface area contributed by atoms with Gasteiger partial charge in [0.2, 0.25) is 0 Å². The molecule has 3 aromatic carbocycles. The van der Waals surface area contributed by atoms with Crippen LogP contribution in [0.4, 0.5) is 0 Å². The van der Waals surface area contributed by atoms with Gasteiger partial charge in [-0.3, -0.25) is 4.98 Å². The number of hydrogen-bond donors (Lipinski definition) is 0. The molecule has 3 heteroatoms. The van der Waals surface area contributed by atoms with E-state index in [9.17, 15) is 0 Å². The summed E-state index contributed by atoms with van der Waals surface area (Å²) in [5, 5.41) is 4.03. The monoisotopic (exact) mass is 552 g/mol. The van der Waals surface area contributed by atoms with Gasteiger partial charge in [-0.25, -0.2) is 0 Å². The van der Waals surface area contributed by atoms with Crippen LogP contribution in [-0.4, -0.2) is 9.55 Å². The molecule has 2 aromatic heterocycles. The molecule has 0 radical (unpaired) electrons. The lowest BCUT2D eigenvalue weighted by Gasteiger charge is -2.35. The van der Waals surface area contributed by atoms with Crippen LogP contribution in [0.2, 0.25) is 0 Å². The normalized spacial score (nSPS) is 19.6. The number of aromatic nitrogens is 2. The third kappa shape index (κ3) is 3.21. The van der Waals surface area contributed by atoms with Crippen molar-refractivity contribution in [1.82, 2.24) is 9.55 Å². The van der Waals surface area contributed by atoms with Gasteiger partial charge in [0, 0.05) is 50.4 Å². The molecule has 3 aliphatic rings. The molecule has 0 aliphatic heterocycles. The number of rotatable bonds is 2. The summed E-state index contributed by atoms with van der Waals surface area (Å²) in [5.74, 6) is 0.676. The first-order valence-electron chi connectivity index (χ1n) is 13.3. The Bertz CT molecular complexity index is 1860. The van der Waals surface area contributed by atoms with Gasteiger partial charge in [0.15, 0.2) is 0 Å². The molecule has 2 nitrogen and oxygen atoms in total. The van der Waals surface area contributed by atoms with Gasteiger partial charge in [-0.05, 0) is 81.0 Å². The Morgan fingerprint density at radius 3 is 2.53 bits per heavy atom. The van der Waals surface area contributed by atoms with Crippen molar-refractivity contribution in [2.75, 3.05) is 0 Å². The predicted molar refractivity (Wildman–Crippen MR) is 162 cm³/mol. The van der Waals surface area contributed by atoms with Crippen LogP contribution in [0.1, 0.15) is 30.0 Å². The molecule has 2 unspecified atom stereocenters. The lowest BCUT2D eigenvalue weighted by molar-refractivity contribution is 0.630. The van der Waals surface area contributed by atoms with Crippen molar-refractivity contribution in [2.45, 2.75) is 18.8 Å². The van der Waals surface area contributed by atoms with Crippen molar-refractivity contribution in [2.24, 2.45) is 5.92 Å². The van der Waals surface area contributed by atoms with E-state index in [1.165, 1.54) is 49.8 Å². The molecule has 38 heavy (non-hydrogen) atoms. The Kier molecular flexibility index (Phi) is 4.96. The van der Waals surface area contributed by atoms with Crippen LogP contribution < -0.4 is 0 Å². The van der Waals surface area contributed by atoms with Crippen molar-refractivity contribution in [3.63, 3.8) is 0 Å². The highest BCUT2D eigenvalue weighted by molar-refractivity contribution is 9.10. The second kappa shape index (κ2) is 8.54. The van der Waals surface area contributed by atoms with Crippen LogP contribution in [0.25, 0.3) is 44.2 Å². The van der Waals surface area contributed by atoms with E-state index in [0.29, 0.717) is 11.8 Å². The van der Waals surface area contributed by atoms with E-state index in [1.54, 1.807) is 0 Å². The Morgan fingerprint density at radius 1 is 0.842 bits per heavy atom. The van der Waals surface area contributed by atoms with E-state index >= 15 is 0 Å². The molecular weight excluding hydrogens is 528 g/mol. The van der Waals surface area contributed by atoms with Gasteiger partial charge >= 0.3 is 0 Å². The van der Waals surface area contributed by atoms with E-state index in [-0.39, 0.29) is 0 Å². The standard InChI is InChI=1S/C35H25BrN2/c36-24-16-19-31(37-21-24)23-13-17-25(18-14-23)38-32-20-15-22-7-1-2-8-26(22)33(32)34-29-11-5-3-9-27(29)28-10-4-6-12-30(28)35(34)38/h1-4,6-10,12-21,28,30H,5,11H2. The first-order valence-corrected chi connectivity index (χ1v) is 14.1. The fourth-order valence-electron chi connectivity index (χ4n) is 6.74. The number of nitrogens with zero attached hydrogens (tertiary/aromatic N) is 2. The van der Waals surface area contributed by atoms with Gasteiger partial charge in [0.05, 0.1) is 11.2 Å². The van der Waals surface area contributed by atoms with Crippen LogP contribution >= 0.6 is 15.9 Å². The highest BCUT2D eigenvalue weighted by atomic mass is 79.9. The topological polar surface area (TPSA) is 17.8 Å². The maximum atomic E-state index is 4.61. The van der Waals surface area contributed by atoms with Crippen LogP contribution in [0.5, 0.6) is 0 Å². The number of allylic oxidation sites excluding steroid dienone is 8. The van der Waals surface area contributed by atoms with E-state index in [0.717, 1.165) is 28.6 Å². The van der Waals surface area contributed by atoms with E-state index in [2.05, 4.69) is 129 Å². The molecule has 5 aromatic rings. The Hall–Kier alpha value is -3.95. The molecule has 8 rings (SSSR count). The molecule has 0 N–H and O–H groups in total. The molecule has 182 valence electrons. The molecule has 0 saturated heterocycles. The summed E-state index contributed by atoms with van der Waals surface area (Å²) < 4.78 is 3.53. The summed E-state index contributed by atoms with van der Waals surface area (Å²) >= 11 is 3.50. The molecule has 0 amide bonds. The van der Waals surface area contributed by atoms with Gasteiger partial charge in [-0.2, -0.15) is 0 Å². The number of pyridine rings is 1. The SMILES string of the molecule is Brc1ccc(-c2ccc(-n3c4c(c5c6ccccc6ccc53)C3=C(C=CCC3)C3C=CC=CC43)cc2)nc1. The predicted octanol–water partition coefficient (Wildman–Crippen LogP) is 9.55. The maximum Gasteiger partial charge on any atom is 0.0702 e. The highest BCUT2D eigenvalue weighted by Crippen LogP contribution is 2.53. The van der Waals surface area contributed by atoms with Crippen molar-refractivity contribution in [3.05, 3.63) is 137 Å². The quantitative estimate of drug-likeness (QED) is 0.213. The van der Waals surface area contributed by atoms with Crippen LogP contribution in [0, 0.1) is 5.92 Å². The summed E-state index contributed by atoms with van der Waals surface area (Å²) in [4.78, 5) is 4.61. The van der Waals surface area contributed by atoms with Crippen molar-refractivity contribution < 1.29 is 0 Å². The summed E-state index contributed by atoms with van der Waals surface area (Å²) in [6.07, 6.45) is 18.1. The molecule has 0 bridgehead atoms. The van der Waals surface area contributed by atoms with Gasteiger partial charge in [0.25, 0.3) is 0 Å². The van der Waals surface area contributed by atoms with Crippen molar-refractivity contribution in [3.8, 4) is 16.9 Å². The van der Waals surface area contributed by atoms with Gasteiger partial charge < -0.3 is 4.57 Å². The van der Waals surface area contributed by atoms with Crippen LogP contribution in [-0.2, 0) is 0 Å². The zero-order valence-corrected chi connectivity index (χ0v) is 22.4. The smallest absolute Gasteiger partial charge is 0.0702 e. The third-order valence-corrected chi connectivity index (χ3v) is 8.83. The highest BCUT2D eigenvalue weighted by Gasteiger charge is 2.38. The summed E-state index contributed by atoms with van der Waals surface area (Å²) in [7, 11) is 0. The summed E-state index contributed by atoms with van der Waals surface area (Å²) in [6.45, 7) is 0. The summed E-state index contributed by atoms with van der Waals surface area (Å²) in [5.41, 5.74) is 10.5. The Morgan fingerprint density at radius 2 is 1.68 bits per heavy atom. The molecule has 2 atom stereocenters. The molecule has 3 aliphatic carbocycles. The fraction of sp³-hybridized carbons (Fsp3) is 0.114. The Labute approximate surface area is 230 Å². The van der Waals surface area contributed by atoms with Crippen LogP contribution in [0.3, 0.4) is 0 Å². The second-order valence-corrected chi connectivity index (χ2v) is 11.3. The maximum absolute atomic E-state index is 4.61. The van der Waals surface area contributed by atoms with Crippen molar-refractivity contribution >= 4 is 43.2 Å². The van der Waals surface area contributed by atoms with Crippen LogP contribution in [0.15, 0.2) is 125 Å². The minimum atomic E-state index is 0.301. The average Bonchev–Trinajstić information content (AvgIpc) is 3.34. The van der Waals surface area contributed by atoms with Gasteiger partial charge in [0.1, 0.15) is 0 Å². The molecular formula is C35H25BrN2. The number of benzene rings is 3.